The third-order valence-electron chi connectivity index (χ3n) is 3.94. The summed E-state index contributed by atoms with van der Waals surface area (Å²) in [7, 11) is 1.71. The molecule has 0 spiro atoms. The second kappa shape index (κ2) is 6.49. The van der Waals surface area contributed by atoms with Crippen molar-refractivity contribution >= 4 is 10.9 Å². The van der Waals surface area contributed by atoms with Crippen molar-refractivity contribution in [2.75, 3.05) is 7.11 Å². The Morgan fingerprint density at radius 2 is 1.81 bits per heavy atom. The highest BCUT2D eigenvalue weighted by Gasteiger charge is 2.02. The van der Waals surface area contributed by atoms with E-state index in [1.807, 2.05) is 6.07 Å². The van der Waals surface area contributed by atoms with Crippen molar-refractivity contribution < 1.29 is 4.74 Å². The fraction of sp³-hybridized carbons (Fsp3) is 0.263. The molecule has 0 N–H and O–H groups in total. The average molecular weight is 279 g/mol. The summed E-state index contributed by atoms with van der Waals surface area (Å²) in [6.07, 6.45) is 5.75. The standard InChI is InChI=1S/C19H21NO/c1-21-18-10-11-19-17(15-18)12-14-20(19)13-6-5-9-16-7-3-2-4-8-16/h2-4,7-8,10-12,14-15H,5-6,9,13H2,1H3. The van der Waals surface area contributed by atoms with Crippen molar-refractivity contribution in [2.45, 2.75) is 25.8 Å². The second-order valence-electron chi connectivity index (χ2n) is 5.38. The third kappa shape index (κ3) is 3.27. The lowest BCUT2D eigenvalue weighted by atomic mass is 10.1. The number of benzene rings is 2. The summed E-state index contributed by atoms with van der Waals surface area (Å²) in [5, 5.41) is 1.25. The van der Waals surface area contributed by atoms with Crippen LogP contribution in [-0.2, 0) is 13.0 Å². The van der Waals surface area contributed by atoms with E-state index >= 15 is 0 Å². The second-order valence-corrected chi connectivity index (χ2v) is 5.38. The molecule has 1 aromatic heterocycles. The molecule has 1 heterocycles. The van der Waals surface area contributed by atoms with Crippen LogP contribution in [0, 0.1) is 0 Å². The Hall–Kier alpha value is -2.22. The lowest BCUT2D eigenvalue weighted by molar-refractivity contribution is 0.415. The molecule has 108 valence electrons. The minimum Gasteiger partial charge on any atom is -0.497 e. The van der Waals surface area contributed by atoms with E-state index in [1.165, 1.54) is 29.3 Å². The first-order valence-electron chi connectivity index (χ1n) is 7.53. The number of aromatic nitrogens is 1. The minimum atomic E-state index is 0.921. The van der Waals surface area contributed by atoms with Gasteiger partial charge >= 0.3 is 0 Å². The van der Waals surface area contributed by atoms with Gasteiger partial charge < -0.3 is 9.30 Å². The molecule has 3 aromatic rings. The zero-order chi connectivity index (χ0) is 14.5. The van der Waals surface area contributed by atoms with Gasteiger partial charge in [0, 0.05) is 23.6 Å². The monoisotopic (exact) mass is 279 g/mol. The highest BCUT2D eigenvalue weighted by atomic mass is 16.5. The van der Waals surface area contributed by atoms with Gasteiger partial charge in [0.2, 0.25) is 0 Å². The van der Waals surface area contributed by atoms with Gasteiger partial charge in [-0.05, 0) is 49.1 Å². The van der Waals surface area contributed by atoms with Gasteiger partial charge in [-0.1, -0.05) is 30.3 Å². The maximum absolute atomic E-state index is 5.27. The van der Waals surface area contributed by atoms with Gasteiger partial charge in [-0.15, -0.1) is 0 Å². The molecular formula is C19H21NO. The molecule has 21 heavy (non-hydrogen) atoms. The molecule has 0 fully saturated rings. The number of unbranched alkanes of at least 4 members (excludes halogenated alkanes) is 1. The Bertz CT molecular complexity index is 700. The van der Waals surface area contributed by atoms with Crippen molar-refractivity contribution in [3.05, 3.63) is 66.4 Å². The molecule has 0 radical (unpaired) electrons. The summed E-state index contributed by atoms with van der Waals surface area (Å²) in [5.74, 6) is 0.921. The van der Waals surface area contributed by atoms with Gasteiger partial charge in [0.1, 0.15) is 5.75 Å². The van der Waals surface area contributed by atoms with E-state index in [4.69, 9.17) is 4.74 Å². The van der Waals surface area contributed by atoms with Crippen LogP contribution in [0.2, 0.25) is 0 Å². The van der Waals surface area contributed by atoms with Crippen LogP contribution in [-0.4, -0.2) is 11.7 Å². The van der Waals surface area contributed by atoms with E-state index in [0.29, 0.717) is 0 Å². The minimum absolute atomic E-state index is 0.921. The molecule has 2 aromatic carbocycles. The van der Waals surface area contributed by atoms with E-state index in [2.05, 4.69) is 59.3 Å². The number of rotatable bonds is 6. The number of aryl methyl sites for hydroxylation is 2. The summed E-state index contributed by atoms with van der Waals surface area (Å²) in [6.45, 7) is 1.07. The molecule has 0 saturated heterocycles. The number of hydrogen-bond acceptors (Lipinski definition) is 1. The van der Waals surface area contributed by atoms with Crippen LogP contribution < -0.4 is 4.74 Å². The first kappa shape index (κ1) is 13.7. The summed E-state index contributed by atoms with van der Waals surface area (Å²) in [4.78, 5) is 0. The van der Waals surface area contributed by atoms with Gasteiger partial charge in [0.25, 0.3) is 0 Å². The quantitative estimate of drug-likeness (QED) is 0.598. The van der Waals surface area contributed by atoms with E-state index in [1.54, 1.807) is 7.11 Å². The zero-order valence-electron chi connectivity index (χ0n) is 12.5. The molecule has 0 atom stereocenters. The number of fused-ring (bicyclic) bond motifs is 1. The predicted molar refractivity (Wildman–Crippen MR) is 87.9 cm³/mol. The Balaban J connectivity index is 1.58. The van der Waals surface area contributed by atoms with E-state index < -0.39 is 0 Å². The Kier molecular flexibility index (Phi) is 4.25. The van der Waals surface area contributed by atoms with Crippen LogP contribution in [0.25, 0.3) is 10.9 Å². The molecule has 0 amide bonds. The smallest absolute Gasteiger partial charge is 0.119 e. The van der Waals surface area contributed by atoms with Crippen molar-refractivity contribution in [1.29, 1.82) is 0 Å². The molecule has 0 unspecified atom stereocenters. The molecule has 2 heteroatoms. The fourth-order valence-corrected chi connectivity index (χ4v) is 2.76. The first-order valence-corrected chi connectivity index (χ1v) is 7.53. The molecule has 0 aliphatic heterocycles. The van der Waals surface area contributed by atoms with Crippen LogP contribution in [0.15, 0.2) is 60.8 Å². The number of ether oxygens (including phenoxy) is 1. The summed E-state index contributed by atoms with van der Waals surface area (Å²) in [6, 6.07) is 19.1. The normalized spacial score (nSPS) is 10.9. The molecule has 0 aliphatic rings. The number of nitrogens with zero attached hydrogens (tertiary/aromatic N) is 1. The van der Waals surface area contributed by atoms with Crippen molar-refractivity contribution in [2.24, 2.45) is 0 Å². The molecule has 0 bridgehead atoms. The summed E-state index contributed by atoms with van der Waals surface area (Å²) < 4.78 is 7.60. The SMILES string of the molecule is COc1ccc2c(ccn2CCCCc2ccccc2)c1. The van der Waals surface area contributed by atoms with E-state index in [0.717, 1.165) is 18.7 Å². The van der Waals surface area contributed by atoms with Gasteiger partial charge in [-0.2, -0.15) is 0 Å². The van der Waals surface area contributed by atoms with Gasteiger partial charge in [-0.3, -0.25) is 0 Å². The van der Waals surface area contributed by atoms with Crippen molar-refractivity contribution in [3.63, 3.8) is 0 Å². The van der Waals surface area contributed by atoms with Crippen LogP contribution in [0.4, 0.5) is 0 Å². The highest BCUT2D eigenvalue weighted by molar-refractivity contribution is 5.81. The third-order valence-corrected chi connectivity index (χ3v) is 3.94. The maximum Gasteiger partial charge on any atom is 0.119 e. The maximum atomic E-state index is 5.27. The average Bonchev–Trinajstić information content (AvgIpc) is 2.95. The number of methoxy groups -OCH3 is 1. The largest absolute Gasteiger partial charge is 0.497 e. The molecular weight excluding hydrogens is 258 g/mol. The van der Waals surface area contributed by atoms with Crippen molar-refractivity contribution in [3.8, 4) is 5.75 Å². The predicted octanol–water partition coefficient (Wildman–Crippen LogP) is 4.67. The van der Waals surface area contributed by atoms with Gasteiger partial charge in [0.15, 0.2) is 0 Å². The van der Waals surface area contributed by atoms with Gasteiger partial charge in [0.05, 0.1) is 7.11 Å². The highest BCUT2D eigenvalue weighted by Crippen LogP contribution is 2.22. The Morgan fingerprint density at radius 1 is 0.952 bits per heavy atom. The lowest BCUT2D eigenvalue weighted by Gasteiger charge is -2.06. The van der Waals surface area contributed by atoms with Crippen molar-refractivity contribution in [1.82, 2.24) is 4.57 Å². The molecule has 2 nitrogen and oxygen atoms in total. The lowest BCUT2D eigenvalue weighted by Crippen LogP contribution is -1.97. The molecule has 0 aliphatic carbocycles. The number of hydrogen-bond donors (Lipinski definition) is 0. The van der Waals surface area contributed by atoms with Crippen LogP contribution in [0.5, 0.6) is 5.75 Å². The summed E-state index contributed by atoms with van der Waals surface area (Å²) in [5.41, 5.74) is 2.72. The van der Waals surface area contributed by atoms with Crippen LogP contribution in [0.3, 0.4) is 0 Å². The fourth-order valence-electron chi connectivity index (χ4n) is 2.76. The Morgan fingerprint density at radius 3 is 2.62 bits per heavy atom. The first-order chi connectivity index (χ1) is 10.4. The van der Waals surface area contributed by atoms with Gasteiger partial charge in [-0.25, -0.2) is 0 Å². The molecule has 0 saturated carbocycles. The molecule has 3 rings (SSSR count). The van der Waals surface area contributed by atoms with E-state index in [-0.39, 0.29) is 0 Å². The van der Waals surface area contributed by atoms with E-state index in [9.17, 15) is 0 Å². The van der Waals surface area contributed by atoms with Crippen LogP contribution in [0.1, 0.15) is 18.4 Å². The Labute approximate surface area is 126 Å². The van der Waals surface area contributed by atoms with Crippen LogP contribution >= 0.6 is 0 Å². The topological polar surface area (TPSA) is 14.2 Å². The summed E-state index contributed by atoms with van der Waals surface area (Å²) >= 11 is 0. The zero-order valence-corrected chi connectivity index (χ0v) is 12.5.